The number of aromatic nitrogens is 2. The maximum Gasteiger partial charge on any atom is 0.0646 e. The summed E-state index contributed by atoms with van der Waals surface area (Å²) >= 11 is 3.46. The zero-order valence-corrected chi connectivity index (χ0v) is 16.7. The predicted molar refractivity (Wildman–Crippen MR) is 111 cm³/mol. The first-order valence-electron chi connectivity index (χ1n) is 8.51. The minimum absolute atomic E-state index is 0. The zero-order valence-electron chi connectivity index (χ0n) is 14.3. The monoisotopic (exact) mass is 432 g/mol. The van der Waals surface area contributed by atoms with Crippen molar-refractivity contribution >= 4 is 28.3 Å². The lowest BCUT2D eigenvalue weighted by Crippen LogP contribution is -2.28. The quantitative estimate of drug-likeness (QED) is 0.677. The van der Waals surface area contributed by atoms with Crippen LogP contribution in [0.25, 0.3) is 5.69 Å². The molecule has 0 saturated carbocycles. The summed E-state index contributed by atoms with van der Waals surface area (Å²) in [5.74, 6) is 0.405. The number of nitrogens with zero attached hydrogens (tertiary/aromatic N) is 3. The molecule has 3 aromatic rings. The first kappa shape index (κ1) is 19.1. The van der Waals surface area contributed by atoms with Gasteiger partial charge in [-0.2, -0.15) is 5.10 Å². The van der Waals surface area contributed by atoms with Crippen LogP contribution >= 0.6 is 28.3 Å². The number of halogens is 2. The van der Waals surface area contributed by atoms with E-state index >= 15 is 0 Å². The molecule has 6 heteroatoms. The summed E-state index contributed by atoms with van der Waals surface area (Å²) in [4.78, 5) is 2.42. The molecule has 1 aromatic heterocycles. The van der Waals surface area contributed by atoms with Gasteiger partial charge < -0.3 is 5.73 Å². The number of rotatable bonds is 4. The van der Waals surface area contributed by atoms with Gasteiger partial charge in [-0.25, -0.2) is 4.68 Å². The SMILES string of the molecule is Cl.N[C@@H]1CN(Cc2cnn(-c3ccc(Br)cc3)c2)C[C@H]1c1ccccc1. The minimum Gasteiger partial charge on any atom is -0.326 e. The molecular formula is C20H22BrClN4. The van der Waals surface area contributed by atoms with Gasteiger partial charge in [0.25, 0.3) is 0 Å². The van der Waals surface area contributed by atoms with Gasteiger partial charge >= 0.3 is 0 Å². The van der Waals surface area contributed by atoms with Gasteiger partial charge in [-0.15, -0.1) is 12.4 Å². The molecule has 2 aromatic carbocycles. The fourth-order valence-electron chi connectivity index (χ4n) is 3.53. The molecule has 1 saturated heterocycles. The van der Waals surface area contributed by atoms with Crippen LogP contribution in [0.4, 0.5) is 0 Å². The Morgan fingerprint density at radius 1 is 1.04 bits per heavy atom. The van der Waals surface area contributed by atoms with E-state index in [0.29, 0.717) is 5.92 Å². The van der Waals surface area contributed by atoms with Crippen LogP contribution < -0.4 is 5.73 Å². The number of benzene rings is 2. The van der Waals surface area contributed by atoms with Crippen molar-refractivity contribution in [2.24, 2.45) is 5.73 Å². The van der Waals surface area contributed by atoms with Crippen LogP contribution in [0, 0.1) is 0 Å². The summed E-state index contributed by atoms with van der Waals surface area (Å²) in [5, 5.41) is 4.50. The molecule has 2 heterocycles. The molecular weight excluding hydrogens is 412 g/mol. The molecule has 26 heavy (non-hydrogen) atoms. The Hall–Kier alpha value is -1.66. The summed E-state index contributed by atoms with van der Waals surface area (Å²) in [5.41, 5.74) is 10.0. The van der Waals surface area contributed by atoms with Crippen molar-refractivity contribution in [1.29, 1.82) is 0 Å². The van der Waals surface area contributed by atoms with Crippen LogP contribution in [0.15, 0.2) is 71.5 Å². The Morgan fingerprint density at radius 2 is 1.77 bits per heavy atom. The molecule has 0 bridgehead atoms. The highest BCUT2D eigenvalue weighted by Gasteiger charge is 2.31. The van der Waals surface area contributed by atoms with E-state index in [-0.39, 0.29) is 18.4 Å². The van der Waals surface area contributed by atoms with Crippen LogP contribution in [0.2, 0.25) is 0 Å². The third-order valence-electron chi connectivity index (χ3n) is 4.80. The maximum absolute atomic E-state index is 6.40. The van der Waals surface area contributed by atoms with Crippen LogP contribution in [0.5, 0.6) is 0 Å². The summed E-state index contributed by atoms with van der Waals surface area (Å²) in [6.07, 6.45) is 4.05. The van der Waals surface area contributed by atoms with Gasteiger partial charge in [0, 0.05) is 47.8 Å². The molecule has 0 aliphatic carbocycles. The van der Waals surface area contributed by atoms with Crippen LogP contribution in [-0.2, 0) is 6.54 Å². The fourth-order valence-corrected chi connectivity index (χ4v) is 3.79. The van der Waals surface area contributed by atoms with E-state index in [1.165, 1.54) is 11.1 Å². The molecule has 1 fully saturated rings. The van der Waals surface area contributed by atoms with Crippen molar-refractivity contribution in [3.8, 4) is 5.69 Å². The van der Waals surface area contributed by atoms with Gasteiger partial charge in [0.1, 0.15) is 0 Å². The van der Waals surface area contributed by atoms with Crippen molar-refractivity contribution in [3.63, 3.8) is 0 Å². The topological polar surface area (TPSA) is 47.1 Å². The summed E-state index contributed by atoms with van der Waals surface area (Å²) in [7, 11) is 0. The highest BCUT2D eigenvalue weighted by atomic mass is 79.9. The molecule has 0 radical (unpaired) electrons. The highest BCUT2D eigenvalue weighted by molar-refractivity contribution is 9.10. The molecule has 1 aliphatic heterocycles. The molecule has 0 unspecified atom stereocenters. The fraction of sp³-hybridized carbons (Fsp3) is 0.250. The Morgan fingerprint density at radius 3 is 2.50 bits per heavy atom. The average Bonchev–Trinajstić information content (AvgIpc) is 3.23. The number of hydrogen-bond acceptors (Lipinski definition) is 3. The predicted octanol–water partition coefficient (Wildman–Crippen LogP) is 3.98. The molecule has 0 amide bonds. The van der Waals surface area contributed by atoms with Crippen molar-refractivity contribution < 1.29 is 0 Å². The molecule has 2 atom stereocenters. The molecule has 4 nitrogen and oxygen atoms in total. The molecule has 2 N–H and O–H groups in total. The Kier molecular flexibility index (Phi) is 6.14. The zero-order chi connectivity index (χ0) is 17.2. The number of hydrogen-bond donors (Lipinski definition) is 1. The standard InChI is InChI=1S/C20H21BrN4.ClH/c21-17-6-8-18(9-7-17)25-12-15(10-23-25)11-24-13-19(20(22)14-24)16-4-2-1-3-5-16;/h1-10,12,19-20H,11,13-14,22H2;1H/t19-,20+;/m0./s1. The van der Waals surface area contributed by atoms with Gasteiger partial charge in [0.05, 0.1) is 11.9 Å². The van der Waals surface area contributed by atoms with Crippen LogP contribution in [-0.4, -0.2) is 33.8 Å². The van der Waals surface area contributed by atoms with E-state index in [0.717, 1.165) is 29.8 Å². The highest BCUT2D eigenvalue weighted by Crippen LogP contribution is 2.27. The van der Waals surface area contributed by atoms with E-state index in [2.05, 4.69) is 74.6 Å². The van der Waals surface area contributed by atoms with Crippen molar-refractivity contribution in [1.82, 2.24) is 14.7 Å². The van der Waals surface area contributed by atoms with Crippen molar-refractivity contribution in [3.05, 3.63) is 82.6 Å². The molecule has 0 spiro atoms. The van der Waals surface area contributed by atoms with E-state index in [4.69, 9.17) is 5.73 Å². The van der Waals surface area contributed by atoms with E-state index in [9.17, 15) is 0 Å². The molecule has 136 valence electrons. The van der Waals surface area contributed by atoms with Gasteiger partial charge in [-0.05, 0) is 29.8 Å². The lowest BCUT2D eigenvalue weighted by Gasteiger charge is -2.15. The van der Waals surface area contributed by atoms with Crippen molar-refractivity contribution in [2.45, 2.75) is 18.5 Å². The lowest BCUT2D eigenvalue weighted by atomic mass is 9.95. The first-order chi connectivity index (χ1) is 12.2. The Labute approximate surface area is 168 Å². The number of likely N-dealkylation sites (tertiary alicyclic amines) is 1. The lowest BCUT2D eigenvalue weighted by molar-refractivity contribution is 0.324. The normalized spacial score (nSPS) is 20.1. The van der Waals surface area contributed by atoms with Crippen LogP contribution in [0.1, 0.15) is 17.0 Å². The second kappa shape index (κ2) is 8.35. The first-order valence-corrected chi connectivity index (χ1v) is 9.31. The number of nitrogens with two attached hydrogens (primary N) is 1. The second-order valence-electron chi connectivity index (χ2n) is 6.64. The summed E-state index contributed by atoms with van der Waals surface area (Å²) in [6.45, 7) is 2.80. The largest absolute Gasteiger partial charge is 0.326 e. The van der Waals surface area contributed by atoms with Crippen molar-refractivity contribution in [2.75, 3.05) is 13.1 Å². The second-order valence-corrected chi connectivity index (χ2v) is 7.56. The summed E-state index contributed by atoms with van der Waals surface area (Å²) < 4.78 is 2.99. The molecule has 1 aliphatic rings. The van der Waals surface area contributed by atoms with Crippen LogP contribution in [0.3, 0.4) is 0 Å². The third kappa shape index (κ3) is 4.18. The van der Waals surface area contributed by atoms with Gasteiger partial charge in [-0.1, -0.05) is 46.3 Å². The van der Waals surface area contributed by atoms with E-state index < -0.39 is 0 Å². The summed E-state index contributed by atoms with van der Waals surface area (Å²) in [6, 6.07) is 18.9. The van der Waals surface area contributed by atoms with Gasteiger partial charge in [0.2, 0.25) is 0 Å². The van der Waals surface area contributed by atoms with Gasteiger partial charge in [0.15, 0.2) is 0 Å². The van der Waals surface area contributed by atoms with Gasteiger partial charge in [-0.3, -0.25) is 4.90 Å². The minimum atomic E-state index is 0. The van der Waals surface area contributed by atoms with E-state index in [1.807, 2.05) is 23.0 Å². The third-order valence-corrected chi connectivity index (χ3v) is 5.33. The maximum atomic E-state index is 6.40. The smallest absolute Gasteiger partial charge is 0.0646 e. The Bertz CT molecular complexity index is 835. The average molecular weight is 434 g/mol. The Balaban J connectivity index is 0.00000196. The molecule has 4 rings (SSSR count). The van der Waals surface area contributed by atoms with E-state index in [1.54, 1.807) is 0 Å².